The van der Waals surface area contributed by atoms with Crippen molar-refractivity contribution in [1.82, 2.24) is 0 Å². The first kappa shape index (κ1) is 31.5. The van der Waals surface area contributed by atoms with Gasteiger partial charge in [0.1, 0.15) is 23.5 Å². The highest BCUT2D eigenvalue weighted by Crippen LogP contribution is 2.43. The van der Waals surface area contributed by atoms with E-state index in [4.69, 9.17) is 25.8 Å². The standard InChI is InChI=1S/C28H25ClF5NO6S/c1-27(15-39-2,26(36)40-3)13-19-14-35(42(37,38)20-6-4-5-17(10-20)28(32,33)34)23-9-16(7-8-24(23)41-19)21-11-18(30)12-22(29)25(21)31/h4-12,19H,13-15H2,1-3H3. The molecule has 2 unspecified atom stereocenters. The Morgan fingerprint density at radius 3 is 2.45 bits per heavy atom. The predicted molar refractivity (Wildman–Crippen MR) is 144 cm³/mol. The molecule has 1 aliphatic heterocycles. The van der Waals surface area contributed by atoms with Crippen LogP contribution in [-0.4, -0.2) is 47.9 Å². The van der Waals surface area contributed by atoms with Crippen molar-refractivity contribution < 1.29 is 49.4 Å². The summed E-state index contributed by atoms with van der Waals surface area (Å²) in [5.74, 6) is -2.50. The molecule has 1 heterocycles. The van der Waals surface area contributed by atoms with Crippen LogP contribution in [0.15, 0.2) is 59.5 Å². The van der Waals surface area contributed by atoms with E-state index in [1.54, 1.807) is 0 Å². The average molecular weight is 634 g/mol. The Morgan fingerprint density at radius 1 is 1.10 bits per heavy atom. The zero-order valence-corrected chi connectivity index (χ0v) is 24.0. The lowest BCUT2D eigenvalue weighted by Crippen LogP contribution is -2.47. The van der Waals surface area contributed by atoms with Gasteiger partial charge in [0.05, 0.1) is 46.8 Å². The Hall–Kier alpha value is -3.42. The van der Waals surface area contributed by atoms with Crippen LogP contribution < -0.4 is 9.04 Å². The van der Waals surface area contributed by atoms with Gasteiger partial charge in [-0.2, -0.15) is 13.2 Å². The van der Waals surface area contributed by atoms with Gasteiger partial charge < -0.3 is 14.2 Å². The molecule has 3 aromatic rings. The van der Waals surface area contributed by atoms with Crippen molar-refractivity contribution in [2.45, 2.75) is 30.5 Å². The van der Waals surface area contributed by atoms with Gasteiger partial charge in [0.2, 0.25) is 0 Å². The minimum Gasteiger partial charge on any atom is -0.486 e. The van der Waals surface area contributed by atoms with Crippen molar-refractivity contribution in [3.05, 3.63) is 76.8 Å². The van der Waals surface area contributed by atoms with E-state index in [0.717, 1.165) is 34.6 Å². The molecule has 0 spiro atoms. The van der Waals surface area contributed by atoms with Crippen LogP contribution in [0.5, 0.6) is 5.75 Å². The molecule has 4 rings (SSSR count). The van der Waals surface area contributed by atoms with Crippen LogP contribution in [0.4, 0.5) is 27.6 Å². The lowest BCUT2D eigenvalue weighted by Gasteiger charge is -2.38. The van der Waals surface area contributed by atoms with Crippen molar-refractivity contribution in [2.75, 3.05) is 31.7 Å². The first-order valence-electron chi connectivity index (χ1n) is 12.3. The topological polar surface area (TPSA) is 82.1 Å². The van der Waals surface area contributed by atoms with E-state index in [1.165, 1.54) is 39.3 Å². The molecule has 226 valence electrons. The van der Waals surface area contributed by atoms with Gasteiger partial charge in [-0.05, 0) is 55.0 Å². The van der Waals surface area contributed by atoms with E-state index in [1.807, 2.05) is 0 Å². The van der Waals surface area contributed by atoms with Gasteiger partial charge in [0.15, 0.2) is 0 Å². The Labute approximate surface area is 243 Å². The maximum Gasteiger partial charge on any atom is 0.416 e. The molecule has 0 bridgehead atoms. The average Bonchev–Trinajstić information content (AvgIpc) is 2.93. The molecule has 7 nitrogen and oxygen atoms in total. The quantitative estimate of drug-likeness (QED) is 0.161. The maximum atomic E-state index is 14.9. The molecule has 2 atom stereocenters. The number of halogens is 6. The summed E-state index contributed by atoms with van der Waals surface area (Å²) in [6.07, 6.45) is -5.92. The highest BCUT2D eigenvalue weighted by molar-refractivity contribution is 7.92. The lowest BCUT2D eigenvalue weighted by molar-refractivity contribution is -0.156. The van der Waals surface area contributed by atoms with Crippen LogP contribution in [0.3, 0.4) is 0 Å². The molecule has 0 saturated carbocycles. The molecular weight excluding hydrogens is 609 g/mol. The van der Waals surface area contributed by atoms with Crippen LogP contribution in [0.25, 0.3) is 11.1 Å². The van der Waals surface area contributed by atoms with E-state index >= 15 is 0 Å². The molecule has 42 heavy (non-hydrogen) atoms. The fourth-order valence-electron chi connectivity index (χ4n) is 4.81. The van der Waals surface area contributed by atoms with Crippen molar-refractivity contribution in [1.29, 1.82) is 0 Å². The molecule has 0 fully saturated rings. The smallest absolute Gasteiger partial charge is 0.416 e. The summed E-state index contributed by atoms with van der Waals surface area (Å²) in [4.78, 5) is 11.9. The predicted octanol–water partition coefficient (Wildman–Crippen LogP) is 6.48. The summed E-state index contributed by atoms with van der Waals surface area (Å²) in [5, 5.41) is -0.507. The second-order valence-corrected chi connectivity index (χ2v) is 12.2. The van der Waals surface area contributed by atoms with Crippen LogP contribution in [0, 0.1) is 17.0 Å². The first-order chi connectivity index (χ1) is 19.6. The van der Waals surface area contributed by atoms with Crippen LogP contribution in [-0.2, 0) is 30.5 Å². The summed E-state index contributed by atoms with van der Waals surface area (Å²) >= 11 is 5.80. The lowest BCUT2D eigenvalue weighted by atomic mass is 9.84. The second kappa shape index (κ2) is 11.7. The third kappa shape index (κ3) is 6.18. The van der Waals surface area contributed by atoms with Gasteiger partial charge in [0.25, 0.3) is 10.0 Å². The van der Waals surface area contributed by atoms with Crippen molar-refractivity contribution in [3.63, 3.8) is 0 Å². The number of rotatable bonds is 8. The summed E-state index contributed by atoms with van der Waals surface area (Å²) in [7, 11) is -2.16. The minimum atomic E-state index is -4.82. The highest BCUT2D eigenvalue weighted by atomic mass is 35.5. The molecule has 3 aromatic carbocycles. The number of carbonyl (C=O) groups excluding carboxylic acids is 1. The second-order valence-electron chi connectivity index (χ2n) is 9.92. The summed E-state index contributed by atoms with van der Waals surface area (Å²) in [6.45, 7) is 0.982. The van der Waals surface area contributed by atoms with Gasteiger partial charge in [-0.25, -0.2) is 17.2 Å². The number of benzene rings is 3. The van der Waals surface area contributed by atoms with Gasteiger partial charge in [-0.15, -0.1) is 0 Å². The number of fused-ring (bicyclic) bond motifs is 1. The Morgan fingerprint density at radius 2 is 1.81 bits per heavy atom. The zero-order chi connectivity index (χ0) is 31.0. The number of esters is 1. The molecular formula is C28H25ClF5NO6S. The van der Waals surface area contributed by atoms with Crippen LogP contribution >= 0.6 is 11.6 Å². The fourth-order valence-corrected chi connectivity index (χ4v) is 6.56. The molecule has 1 aliphatic rings. The van der Waals surface area contributed by atoms with Gasteiger partial charge in [0, 0.05) is 19.1 Å². The molecule has 0 saturated heterocycles. The highest BCUT2D eigenvalue weighted by Gasteiger charge is 2.43. The van der Waals surface area contributed by atoms with E-state index < -0.39 is 67.3 Å². The van der Waals surface area contributed by atoms with Crippen molar-refractivity contribution in [3.8, 4) is 16.9 Å². The Kier molecular flexibility index (Phi) is 8.77. The number of methoxy groups -OCH3 is 2. The molecule has 0 amide bonds. The zero-order valence-electron chi connectivity index (χ0n) is 22.5. The molecule has 14 heteroatoms. The third-order valence-electron chi connectivity index (χ3n) is 6.76. The number of ether oxygens (including phenoxy) is 3. The number of nitrogens with zero attached hydrogens (tertiary/aromatic N) is 1. The molecule has 0 aliphatic carbocycles. The summed E-state index contributed by atoms with van der Waals surface area (Å²) in [6, 6.07) is 8.71. The number of anilines is 1. The fraction of sp³-hybridized carbons (Fsp3) is 0.321. The van der Waals surface area contributed by atoms with Crippen molar-refractivity contribution in [2.24, 2.45) is 5.41 Å². The molecule has 0 radical (unpaired) electrons. The molecule has 0 aromatic heterocycles. The first-order valence-corrected chi connectivity index (χ1v) is 14.2. The van der Waals surface area contributed by atoms with Crippen LogP contribution in [0.1, 0.15) is 18.9 Å². The van der Waals surface area contributed by atoms with E-state index in [0.29, 0.717) is 6.07 Å². The largest absolute Gasteiger partial charge is 0.486 e. The van der Waals surface area contributed by atoms with Gasteiger partial charge in [-0.3, -0.25) is 9.10 Å². The normalized spacial score (nSPS) is 16.8. The van der Waals surface area contributed by atoms with Gasteiger partial charge >= 0.3 is 12.1 Å². The number of sulfonamides is 1. The number of carbonyl (C=O) groups is 1. The monoisotopic (exact) mass is 633 g/mol. The van der Waals surface area contributed by atoms with Crippen LogP contribution in [0.2, 0.25) is 5.02 Å². The summed E-state index contributed by atoms with van der Waals surface area (Å²) < 4.78 is 114. The van der Waals surface area contributed by atoms with E-state index in [9.17, 15) is 35.2 Å². The number of hydrogen-bond acceptors (Lipinski definition) is 6. The van der Waals surface area contributed by atoms with Crippen molar-refractivity contribution >= 4 is 33.3 Å². The maximum absolute atomic E-state index is 14.9. The van der Waals surface area contributed by atoms with E-state index in [-0.39, 0.29) is 35.6 Å². The number of hydrogen-bond donors (Lipinski definition) is 0. The minimum absolute atomic E-state index is 0.0257. The molecule has 0 N–H and O–H groups in total. The van der Waals surface area contributed by atoms with Gasteiger partial charge in [-0.1, -0.05) is 23.7 Å². The third-order valence-corrected chi connectivity index (χ3v) is 8.81. The van der Waals surface area contributed by atoms with E-state index in [2.05, 4.69) is 0 Å². The Balaban J connectivity index is 1.87. The Bertz CT molecular complexity index is 1620. The number of alkyl halides is 3. The summed E-state index contributed by atoms with van der Waals surface area (Å²) in [5.41, 5.74) is -2.86. The SMILES string of the molecule is COCC(C)(CC1CN(S(=O)(=O)c2cccc(C(F)(F)F)c2)c2cc(-c3cc(F)cc(Cl)c3F)ccc2O1)C(=O)OC.